The van der Waals surface area contributed by atoms with E-state index in [-0.39, 0.29) is 6.61 Å². The van der Waals surface area contributed by atoms with Crippen molar-refractivity contribution >= 4 is 12.0 Å². The van der Waals surface area contributed by atoms with Gasteiger partial charge in [0, 0.05) is 6.08 Å². The number of rotatable bonds is 7. The van der Waals surface area contributed by atoms with Crippen molar-refractivity contribution in [3.63, 3.8) is 0 Å². The standard InChI is InChI=1S/C15H18O5/c1-5-8-20-14(16)7-6-11-9-12(17-2)15(19-4)13(10-11)18-3/h5-7,9-10H,1,8H2,2-4H3. The highest BCUT2D eigenvalue weighted by molar-refractivity contribution is 5.87. The van der Waals surface area contributed by atoms with Crippen LogP contribution in [0.5, 0.6) is 17.2 Å². The van der Waals surface area contributed by atoms with Gasteiger partial charge in [-0.15, -0.1) is 0 Å². The molecule has 0 saturated heterocycles. The molecule has 0 aliphatic rings. The van der Waals surface area contributed by atoms with Crippen molar-refractivity contribution in [2.24, 2.45) is 0 Å². The van der Waals surface area contributed by atoms with Crippen molar-refractivity contribution in [3.8, 4) is 17.2 Å². The number of esters is 1. The van der Waals surface area contributed by atoms with Gasteiger partial charge < -0.3 is 18.9 Å². The first-order valence-corrected chi connectivity index (χ1v) is 5.92. The molecule has 0 aliphatic carbocycles. The molecule has 20 heavy (non-hydrogen) atoms. The third-order valence-electron chi connectivity index (χ3n) is 2.44. The molecule has 0 heterocycles. The summed E-state index contributed by atoms with van der Waals surface area (Å²) in [6.07, 6.45) is 4.44. The Morgan fingerprint density at radius 3 is 2.20 bits per heavy atom. The lowest BCUT2D eigenvalue weighted by Gasteiger charge is -2.12. The Balaban J connectivity index is 2.98. The minimum Gasteiger partial charge on any atom is -0.493 e. The molecule has 5 heteroatoms. The largest absolute Gasteiger partial charge is 0.493 e. The third-order valence-corrected chi connectivity index (χ3v) is 2.44. The maximum Gasteiger partial charge on any atom is 0.331 e. The summed E-state index contributed by atoms with van der Waals surface area (Å²) in [6.45, 7) is 3.65. The molecule has 1 aromatic rings. The van der Waals surface area contributed by atoms with Crippen LogP contribution >= 0.6 is 0 Å². The van der Waals surface area contributed by atoms with E-state index in [0.29, 0.717) is 17.2 Å². The highest BCUT2D eigenvalue weighted by atomic mass is 16.5. The zero-order valence-electron chi connectivity index (χ0n) is 11.8. The molecule has 1 aromatic carbocycles. The van der Waals surface area contributed by atoms with Crippen LogP contribution in [0.15, 0.2) is 30.9 Å². The van der Waals surface area contributed by atoms with Crippen LogP contribution in [0, 0.1) is 0 Å². The number of hydrogen-bond acceptors (Lipinski definition) is 5. The minimum atomic E-state index is -0.446. The fourth-order valence-corrected chi connectivity index (χ4v) is 1.55. The second kappa shape index (κ2) is 7.89. The van der Waals surface area contributed by atoms with Gasteiger partial charge >= 0.3 is 5.97 Å². The molecule has 0 aromatic heterocycles. The Labute approximate surface area is 118 Å². The predicted octanol–water partition coefficient (Wildman–Crippen LogP) is 2.45. The van der Waals surface area contributed by atoms with Crippen LogP contribution in [0.2, 0.25) is 0 Å². The Bertz CT molecular complexity index is 480. The third kappa shape index (κ3) is 4.05. The molecule has 0 bridgehead atoms. The zero-order chi connectivity index (χ0) is 15.0. The van der Waals surface area contributed by atoms with Crippen molar-refractivity contribution in [1.29, 1.82) is 0 Å². The fourth-order valence-electron chi connectivity index (χ4n) is 1.55. The van der Waals surface area contributed by atoms with Crippen LogP contribution in [-0.2, 0) is 9.53 Å². The van der Waals surface area contributed by atoms with Crippen LogP contribution in [0.25, 0.3) is 6.08 Å². The first-order chi connectivity index (χ1) is 9.65. The molecule has 0 atom stereocenters. The van der Waals surface area contributed by atoms with Gasteiger partial charge in [0.15, 0.2) is 11.5 Å². The molecule has 0 N–H and O–H groups in total. The van der Waals surface area contributed by atoms with Crippen molar-refractivity contribution in [3.05, 3.63) is 36.4 Å². The molecular formula is C15H18O5. The van der Waals surface area contributed by atoms with Crippen LogP contribution in [-0.4, -0.2) is 33.9 Å². The molecule has 5 nitrogen and oxygen atoms in total. The normalized spacial score (nSPS) is 10.2. The van der Waals surface area contributed by atoms with Crippen molar-refractivity contribution in [2.75, 3.05) is 27.9 Å². The summed E-state index contributed by atoms with van der Waals surface area (Å²) in [5.74, 6) is 1.09. The van der Waals surface area contributed by atoms with E-state index in [1.54, 1.807) is 18.2 Å². The molecule has 108 valence electrons. The van der Waals surface area contributed by atoms with Crippen LogP contribution in [0.1, 0.15) is 5.56 Å². The maximum atomic E-state index is 11.4. The molecule has 0 aliphatic heterocycles. The zero-order valence-corrected chi connectivity index (χ0v) is 11.8. The number of hydrogen-bond donors (Lipinski definition) is 0. The van der Waals surface area contributed by atoms with E-state index in [2.05, 4.69) is 6.58 Å². The summed E-state index contributed by atoms with van der Waals surface area (Å²) in [5.41, 5.74) is 0.732. The van der Waals surface area contributed by atoms with E-state index in [1.165, 1.54) is 33.5 Å². The van der Waals surface area contributed by atoms with Gasteiger partial charge in [0.1, 0.15) is 6.61 Å². The van der Waals surface area contributed by atoms with Gasteiger partial charge in [-0.2, -0.15) is 0 Å². The molecule has 0 unspecified atom stereocenters. The number of ether oxygens (including phenoxy) is 4. The Hall–Kier alpha value is -2.43. The smallest absolute Gasteiger partial charge is 0.331 e. The summed E-state index contributed by atoms with van der Waals surface area (Å²) < 4.78 is 20.5. The second-order valence-corrected chi connectivity index (χ2v) is 3.71. The molecule has 0 radical (unpaired) electrons. The van der Waals surface area contributed by atoms with Gasteiger partial charge in [0.05, 0.1) is 21.3 Å². The first kappa shape index (κ1) is 15.6. The molecule has 0 saturated carbocycles. The molecule has 0 spiro atoms. The van der Waals surface area contributed by atoms with Gasteiger partial charge in [0.2, 0.25) is 5.75 Å². The molecular weight excluding hydrogens is 260 g/mol. The van der Waals surface area contributed by atoms with Crippen molar-refractivity contribution < 1.29 is 23.7 Å². The average Bonchev–Trinajstić information content (AvgIpc) is 2.49. The second-order valence-electron chi connectivity index (χ2n) is 3.71. The SMILES string of the molecule is C=CCOC(=O)C=Cc1cc(OC)c(OC)c(OC)c1. The van der Waals surface area contributed by atoms with E-state index in [4.69, 9.17) is 18.9 Å². The van der Waals surface area contributed by atoms with Crippen molar-refractivity contribution in [2.45, 2.75) is 0 Å². The van der Waals surface area contributed by atoms with E-state index in [0.717, 1.165) is 5.56 Å². The minimum absolute atomic E-state index is 0.179. The Kier molecular flexibility index (Phi) is 6.16. The lowest BCUT2D eigenvalue weighted by atomic mass is 10.1. The fraction of sp³-hybridized carbons (Fsp3) is 0.267. The molecule has 1 rings (SSSR count). The topological polar surface area (TPSA) is 54.0 Å². The van der Waals surface area contributed by atoms with Crippen molar-refractivity contribution in [1.82, 2.24) is 0 Å². The summed E-state index contributed by atoms with van der Waals surface area (Å²) in [4.78, 5) is 11.4. The Morgan fingerprint density at radius 1 is 1.15 bits per heavy atom. The summed E-state index contributed by atoms with van der Waals surface area (Å²) in [5, 5.41) is 0. The monoisotopic (exact) mass is 278 g/mol. The maximum absolute atomic E-state index is 11.4. The summed E-state index contributed by atoms with van der Waals surface area (Å²) >= 11 is 0. The number of benzene rings is 1. The quantitative estimate of drug-likeness (QED) is 0.435. The van der Waals surface area contributed by atoms with Crippen LogP contribution in [0.3, 0.4) is 0 Å². The van der Waals surface area contributed by atoms with E-state index >= 15 is 0 Å². The predicted molar refractivity (Wildman–Crippen MR) is 76.3 cm³/mol. The van der Waals surface area contributed by atoms with Gasteiger partial charge in [-0.1, -0.05) is 12.7 Å². The Morgan fingerprint density at radius 2 is 1.75 bits per heavy atom. The highest BCUT2D eigenvalue weighted by Gasteiger charge is 2.12. The van der Waals surface area contributed by atoms with E-state index in [1.807, 2.05) is 0 Å². The number of carbonyl (C=O) groups is 1. The lowest BCUT2D eigenvalue weighted by Crippen LogP contribution is -1.99. The average molecular weight is 278 g/mol. The van der Waals surface area contributed by atoms with Gasteiger partial charge in [-0.05, 0) is 23.8 Å². The number of methoxy groups -OCH3 is 3. The summed E-state index contributed by atoms with van der Waals surface area (Å²) in [7, 11) is 4.59. The van der Waals surface area contributed by atoms with Gasteiger partial charge in [-0.3, -0.25) is 0 Å². The lowest BCUT2D eigenvalue weighted by molar-refractivity contribution is -0.136. The van der Waals surface area contributed by atoms with Gasteiger partial charge in [-0.25, -0.2) is 4.79 Å². The van der Waals surface area contributed by atoms with Crippen LogP contribution in [0.4, 0.5) is 0 Å². The molecule has 0 amide bonds. The van der Waals surface area contributed by atoms with E-state index < -0.39 is 5.97 Å². The molecule has 0 fully saturated rings. The van der Waals surface area contributed by atoms with Crippen LogP contribution < -0.4 is 14.2 Å². The van der Waals surface area contributed by atoms with Gasteiger partial charge in [0.25, 0.3) is 0 Å². The highest BCUT2D eigenvalue weighted by Crippen LogP contribution is 2.38. The first-order valence-electron chi connectivity index (χ1n) is 5.92. The number of carbonyl (C=O) groups excluding carboxylic acids is 1. The van der Waals surface area contributed by atoms with E-state index in [9.17, 15) is 4.79 Å². The summed E-state index contributed by atoms with van der Waals surface area (Å²) in [6, 6.07) is 3.47.